The normalized spacial score (nSPS) is 11.0. The van der Waals surface area contributed by atoms with Crippen LogP contribution in [-0.4, -0.2) is 54.9 Å². The number of carbonyl (C=O) groups is 1. The lowest BCUT2D eigenvalue weighted by atomic mass is 9.79. The van der Waals surface area contributed by atoms with Crippen LogP contribution < -0.4 is 14.9 Å². The Morgan fingerprint density at radius 2 is 1.90 bits per heavy atom. The van der Waals surface area contributed by atoms with Crippen molar-refractivity contribution in [3.05, 3.63) is 58.6 Å². The number of benzene rings is 2. The first kappa shape index (κ1) is 21.7. The van der Waals surface area contributed by atoms with Crippen molar-refractivity contribution in [2.45, 2.75) is 6.92 Å². The van der Waals surface area contributed by atoms with Gasteiger partial charge in [-0.15, -0.1) is 11.3 Å². The molecular formula is C21H21BN2O5S. The van der Waals surface area contributed by atoms with E-state index in [2.05, 4.69) is 9.98 Å². The van der Waals surface area contributed by atoms with Gasteiger partial charge in [0.05, 0.1) is 30.4 Å². The van der Waals surface area contributed by atoms with Gasteiger partial charge in [0, 0.05) is 11.7 Å². The molecule has 3 rings (SSSR count). The number of ether oxygens (including phenoxy) is 2. The molecular weight excluding hydrogens is 403 g/mol. The summed E-state index contributed by atoms with van der Waals surface area (Å²) in [6, 6.07) is 12.4. The zero-order chi connectivity index (χ0) is 21.7. The molecule has 2 N–H and O–H groups in total. The third-order valence-electron chi connectivity index (χ3n) is 4.39. The van der Waals surface area contributed by atoms with Crippen molar-refractivity contribution in [3.8, 4) is 22.1 Å². The van der Waals surface area contributed by atoms with Gasteiger partial charge >= 0.3 is 7.12 Å². The lowest BCUT2D eigenvalue weighted by molar-refractivity contribution is 0.100. The molecule has 0 unspecified atom stereocenters. The summed E-state index contributed by atoms with van der Waals surface area (Å²) >= 11 is 1.31. The standard InChI is InChI=1S/C21H21BN2O5S/c1-13-20(30-21(24-13)15-6-4-5-7-18(15)28-2)17(25)12-23-11-14-8-9-19(29-3)16(10-14)22(26)27/h4-11,26-27H,12H2,1-3H3. The summed E-state index contributed by atoms with van der Waals surface area (Å²) in [5, 5.41) is 19.6. The fourth-order valence-electron chi connectivity index (χ4n) is 2.93. The summed E-state index contributed by atoms with van der Waals surface area (Å²) in [7, 11) is 1.38. The zero-order valence-corrected chi connectivity index (χ0v) is 17.6. The van der Waals surface area contributed by atoms with Gasteiger partial charge in [-0.3, -0.25) is 9.79 Å². The van der Waals surface area contributed by atoms with E-state index in [1.165, 1.54) is 24.7 Å². The summed E-state index contributed by atoms with van der Waals surface area (Å²) in [6.07, 6.45) is 1.51. The number of aliphatic imine (C=N–C) groups is 1. The molecule has 0 fully saturated rings. The number of para-hydroxylation sites is 1. The van der Waals surface area contributed by atoms with E-state index in [0.717, 1.165) is 5.56 Å². The highest BCUT2D eigenvalue weighted by atomic mass is 32.1. The van der Waals surface area contributed by atoms with Crippen LogP contribution in [0.2, 0.25) is 0 Å². The molecule has 0 bridgehead atoms. The number of methoxy groups -OCH3 is 2. The highest BCUT2D eigenvalue weighted by Gasteiger charge is 2.18. The largest absolute Gasteiger partial charge is 0.497 e. The molecule has 0 amide bonds. The van der Waals surface area contributed by atoms with E-state index in [9.17, 15) is 14.8 Å². The number of hydrogen-bond donors (Lipinski definition) is 2. The number of nitrogens with zero attached hydrogens (tertiary/aromatic N) is 2. The molecule has 0 radical (unpaired) electrons. The van der Waals surface area contributed by atoms with Gasteiger partial charge in [-0.1, -0.05) is 12.1 Å². The molecule has 1 heterocycles. The predicted molar refractivity (Wildman–Crippen MR) is 118 cm³/mol. The van der Waals surface area contributed by atoms with E-state index in [-0.39, 0.29) is 17.8 Å². The molecule has 0 aliphatic rings. The minimum absolute atomic E-state index is 0.0442. The van der Waals surface area contributed by atoms with Crippen LogP contribution in [0.3, 0.4) is 0 Å². The van der Waals surface area contributed by atoms with Crippen LogP contribution in [0.15, 0.2) is 47.5 Å². The number of carbonyl (C=O) groups excluding carboxylic acids is 1. The Morgan fingerprint density at radius 3 is 2.60 bits per heavy atom. The van der Waals surface area contributed by atoms with E-state index in [1.807, 2.05) is 24.3 Å². The minimum atomic E-state index is -1.66. The smallest absolute Gasteiger partial charge is 0.492 e. The van der Waals surface area contributed by atoms with Gasteiger partial charge in [0.15, 0.2) is 5.78 Å². The number of thiazole rings is 1. The van der Waals surface area contributed by atoms with Crippen molar-refractivity contribution in [1.82, 2.24) is 4.98 Å². The third kappa shape index (κ3) is 4.76. The molecule has 1 aromatic heterocycles. The lowest BCUT2D eigenvalue weighted by Gasteiger charge is -2.08. The van der Waals surface area contributed by atoms with Crippen LogP contribution in [0.4, 0.5) is 0 Å². The van der Waals surface area contributed by atoms with Crippen molar-refractivity contribution >= 4 is 35.9 Å². The Labute approximate surface area is 178 Å². The van der Waals surface area contributed by atoms with Crippen molar-refractivity contribution in [1.29, 1.82) is 0 Å². The number of rotatable bonds is 8. The zero-order valence-electron chi connectivity index (χ0n) is 16.8. The Balaban J connectivity index is 1.76. The first-order valence-corrected chi connectivity index (χ1v) is 9.94. The number of hydrogen-bond acceptors (Lipinski definition) is 8. The van der Waals surface area contributed by atoms with Crippen molar-refractivity contribution in [2.75, 3.05) is 20.8 Å². The van der Waals surface area contributed by atoms with Crippen LogP contribution >= 0.6 is 11.3 Å². The quantitative estimate of drug-likeness (QED) is 0.326. The lowest BCUT2D eigenvalue weighted by Crippen LogP contribution is -2.31. The second-order valence-electron chi connectivity index (χ2n) is 6.40. The van der Waals surface area contributed by atoms with E-state index in [1.54, 1.807) is 32.2 Å². The maximum absolute atomic E-state index is 12.7. The van der Waals surface area contributed by atoms with E-state index in [0.29, 0.717) is 32.6 Å². The molecule has 0 spiro atoms. The van der Waals surface area contributed by atoms with Gasteiger partial charge in [0.25, 0.3) is 0 Å². The Kier molecular flexibility index (Phi) is 6.99. The summed E-state index contributed by atoms with van der Waals surface area (Å²) in [5.74, 6) is 0.922. The number of Topliss-reactive ketones (excluding diaryl/α,β-unsaturated/α-hetero) is 1. The number of ketones is 1. The maximum Gasteiger partial charge on any atom is 0.492 e. The summed E-state index contributed by atoms with van der Waals surface area (Å²) in [5.41, 5.74) is 2.34. The average molecular weight is 424 g/mol. The van der Waals surface area contributed by atoms with Gasteiger partial charge in [-0.05, 0) is 42.8 Å². The monoisotopic (exact) mass is 424 g/mol. The molecule has 30 heavy (non-hydrogen) atoms. The highest BCUT2D eigenvalue weighted by molar-refractivity contribution is 7.17. The van der Waals surface area contributed by atoms with Crippen molar-refractivity contribution in [2.24, 2.45) is 4.99 Å². The molecule has 154 valence electrons. The van der Waals surface area contributed by atoms with Crippen LogP contribution in [0, 0.1) is 6.92 Å². The van der Waals surface area contributed by atoms with Crippen LogP contribution in [0.5, 0.6) is 11.5 Å². The molecule has 0 aliphatic carbocycles. The third-order valence-corrected chi connectivity index (χ3v) is 5.63. The Hall–Kier alpha value is -3.01. The molecule has 2 aromatic carbocycles. The molecule has 7 nitrogen and oxygen atoms in total. The van der Waals surface area contributed by atoms with E-state index < -0.39 is 7.12 Å². The molecule has 0 saturated heterocycles. The summed E-state index contributed by atoms with van der Waals surface area (Å²) in [4.78, 5) is 21.9. The molecule has 9 heteroatoms. The van der Waals surface area contributed by atoms with Crippen molar-refractivity contribution < 1.29 is 24.3 Å². The van der Waals surface area contributed by atoms with E-state index >= 15 is 0 Å². The fraction of sp³-hybridized carbons (Fsp3) is 0.190. The van der Waals surface area contributed by atoms with Gasteiger partial charge in [0.1, 0.15) is 23.1 Å². The first-order valence-electron chi connectivity index (χ1n) is 9.12. The molecule has 0 saturated carbocycles. The van der Waals surface area contributed by atoms with E-state index in [4.69, 9.17) is 9.47 Å². The van der Waals surface area contributed by atoms with Gasteiger partial charge in [-0.25, -0.2) is 4.98 Å². The predicted octanol–water partition coefficient (Wildman–Crippen LogP) is 2.12. The van der Waals surface area contributed by atoms with Crippen LogP contribution in [0.25, 0.3) is 10.6 Å². The number of aryl methyl sites for hydroxylation is 1. The molecule has 0 aliphatic heterocycles. The summed E-state index contributed by atoms with van der Waals surface area (Å²) in [6.45, 7) is 1.75. The van der Waals surface area contributed by atoms with Crippen LogP contribution in [0.1, 0.15) is 20.9 Å². The molecule has 3 aromatic rings. The maximum atomic E-state index is 12.7. The Bertz CT molecular complexity index is 1080. The van der Waals surface area contributed by atoms with Gasteiger partial charge < -0.3 is 19.5 Å². The second kappa shape index (κ2) is 9.66. The average Bonchev–Trinajstić information content (AvgIpc) is 3.15. The van der Waals surface area contributed by atoms with Gasteiger partial charge in [0.2, 0.25) is 0 Å². The number of aromatic nitrogens is 1. The van der Waals surface area contributed by atoms with Crippen molar-refractivity contribution in [3.63, 3.8) is 0 Å². The topological polar surface area (TPSA) is 101 Å². The minimum Gasteiger partial charge on any atom is -0.497 e. The Morgan fingerprint density at radius 1 is 1.17 bits per heavy atom. The molecule has 0 atom stereocenters. The SMILES string of the molecule is COc1ccc(C=NCC(=O)c2sc(-c3ccccc3OC)nc2C)cc1B(O)O. The fourth-order valence-corrected chi connectivity index (χ4v) is 3.96. The van der Waals surface area contributed by atoms with Crippen LogP contribution in [-0.2, 0) is 0 Å². The summed E-state index contributed by atoms with van der Waals surface area (Å²) < 4.78 is 10.5. The highest BCUT2D eigenvalue weighted by Crippen LogP contribution is 2.34. The van der Waals surface area contributed by atoms with Gasteiger partial charge in [-0.2, -0.15) is 0 Å². The second-order valence-corrected chi connectivity index (χ2v) is 7.40. The first-order chi connectivity index (χ1) is 14.4.